The number of ketones is 1. The number of hydrogen-bond donors (Lipinski definition) is 1. The molecular formula is C16H31NO6. The summed E-state index contributed by atoms with van der Waals surface area (Å²) in [5.74, 6) is 0.194. The van der Waals surface area contributed by atoms with Gasteiger partial charge in [-0.05, 0) is 13.3 Å². The third-order valence-electron chi connectivity index (χ3n) is 2.76. The Morgan fingerprint density at radius 1 is 0.739 bits per heavy atom. The lowest BCUT2D eigenvalue weighted by Crippen LogP contribution is -2.27. The molecule has 0 spiro atoms. The normalized spacial score (nSPS) is 10.7. The molecule has 0 bridgehead atoms. The Morgan fingerprint density at radius 3 is 1.70 bits per heavy atom. The number of carbonyl (C=O) groups excluding carboxylic acids is 2. The van der Waals surface area contributed by atoms with E-state index >= 15 is 0 Å². The van der Waals surface area contributed by atoms with Crippen molar-refractivity contribution >= 4 is 11.7 Å². The van der Waals surface area contributed by atoms with E-state index in [1.54, 1.807) is 6.92 Å². The van der Waals surface area contributed by atoms with Crippen LogP contribution in [0, 0.1) is 0 Å². The maximum absolute atomic E-state index is 11.2. The van der Waals surface area contributed by atoms with Gasteiger partial charge >= 0.3 is 0 Å². The molecular weight excluding hydrogens is 302 g/mol. The summed E-state index contributed by atoms with van der Waals surface area (Å²) < 4.78 is 21.2. The number of rotatable bonds is 17. The Kier molecular flexibility index (Phi) is 16.6. The molecule has 0 fully saturated rings. The minimum atomic E-state index is 0.0646. The monoisotopic (exact) mass is 333 g/mol. The van der Waals surface area contributed by atoms with Crippen molar-refractivity contribution in [3.63, 3.8) is 0 Å². The van der Waals surface area contributed by atoms with Gasteiger partial charge in [0, 0.05) is 19.4 Å². The fourth-order valence-electron chi connectivity index (χ4n) is 1.56. The first-order chi connectivity index (χ1) is 11.2. The van der Waals surface area contributed by atoms with Crippen molar-refractivity contribution in [2.75, 3.05) is 59.4 Å². The largest absolute Gasteiger partial charge is 0.379 e. The van der Waals surface area contributed by atoms with E-state index in [4.69, 9.17) is 18.9 Å². The van der Waals surface area contributed by atoms with Crippen LogP contribution >= 0.6 is 0 Å². The average Bonchev–Trinajstić information content (AvgIpc) is 2.51. The molecule has 23 heavy (non-hydrogen) atoms. The zero-order chi connectivity index (χ0) is 17.2. The minimum absolute atomic E-state index is 0.0646. The summed E-state index contributed by atoms with van der Waals surface area (Å²) in [7, 11) is 0. The van der Waals surface area contributed by atoms with Gasteiger partial charge in [-0.25, -0.2) is 0 Å². The Morgan fingerprint density at radius 2 is 1.22 bits per heavy atom. The SMILES string of the molecule is CCCC(=O)NCCOCCOCCOCCOCCC(C)=O. The zero-order valence-electron chi connectivity index (χ0n) is 14.4. The predicted octanol–water partition coefficient (Wildman–Crippen LogP) is 0.948. The predicted molar refractivity (Wildman–Crippen MR) is 86.5 cm³/mol. The van der Waals surface area contributed by atoms with Crippen molar-refractivity contribution in [1.29, 1.82) is 0 Å². The van der Waals surface area contributed by atoms with Gasteiger partial charge in [0.05, 0.1) is 52.9 Å². The molecule has 136 valence electrons. The minimum Gasteiger partial charge on any atom is -0.379 e. The maximum Gasteiger partial charge on any atom is 0.220 e. The van der Waals surface area contributed by atoms with Crippen molar-refractivity contribution in [3.8, 4) is 0 Å². The summed E-state index contributed by atoms with van der Waals surface area (Å²) in [6.45, 7) is 7.98. The molecule has 7 nitrogen and oxygen atoms in total. The number of ether oxygens (including phenoxy) is 4. The van der Waals surface area contributed by atoms with Crippen LogP contribution in [0.2, 0.25) is 0 Å². The van der Waals surface area contributed by atoms with Crippen LogP contribution in [0.4, 0.5) is 0 Å². The molecule has 0 aliphatic rings. The van der Waals surface area contributed by atoms with Crippen molar-refractivity contribution in [1.82, 2.24) is 5.32 Å². The molecule has 0 aromatic heterocycles. The van der Waals surface area contributed by atoms with Gasteiger partial charge in [0.25, 0.3) is 0 Å². The maximum atomic E-state index is 11.2. The Labute approximate surface area is 139 Å². The van der Waals surface area contributed by atoms with Gasteiger partial charge in [0.2, 0.25) is 5.91 Å². The number of carbonyl (C=O) groups is 2. The topological polar surface area (TPSA) is 83.1 Å². The van der Waals surface area contributed by atoms with Crippen LogP contribution in [0.5, 0.6) is 0 Å². The lowest BCUT2D eigenvalue weighted by atomic mass is 10.3. The summed E-state index contributed by atoms with van der Waals surface area (Å²) in [6, 6.07) is 0. The molecule has 0 saturated carbocycles. The number of hydrogen-bond acceptors (Lipinski definition) is 6. The Hall–Kier alpha value is -1.02. The lowest BCUT2D eigenvalue weighted by Gasteiger charge is -2.08. The molecule has 7 heteroatoms. The van der Waals surface area contributed by atoms with E-state index in [1.807, 2.05) is 6.92 Å². The van der Waals surface area contributed by atoms with E-state index in [2.05, 4.69) is 5.32 Å². The highest BCUT2D eigenvalue weighted by molar-refractivity contribution is 5.75. The molecule has 0 unspecified atom stereocenters. The average molecular weight is 333 g/mol. The van der Waals surface area contributed by atoms with Crippen molar-refractivity contribution in [3.05, 3.63) is 0 Å². The van der Waals surface area contributed by atoms with Gasteiger partial charge in [-0.3, -0.25) is 9.59 Å². The van der Waals surface area contributed by atoms with Crippen LogP contribution in [0.15, 0.2) is 0 Å². The molecule has 0 atom stereocenters. The highest BCUT2D eigenvalue weighted by Crippen LogP contribution is 1.87. The Balaban J connectivity index is 3.05. The van der Waals surface area contributed by atoms with E-state index in [0.717, 1.165) is 6.42 Å². The number of nitrogens with one attached hydrogen (secondary N) is 1. The molecule has 0 aromatic carbocycles. The lowest BCUT2D eigenvalue weighted by molar-refractivity contribution is -0.121. The van der Waals surface area contributed by atoms with E-state index in [-0.39, 0.29) is 11.7 Å². The molecule has 0 aliphatic carbocycles. The number of amides is 1. The third-order valence-corrected chi connectivity index (χ3v) is 2.76. The summed E-state index contributed by atoms with van der Waals surface area (Å²) in [4.78, 5) is 21.8. The molecule has 0 aromatic rings. The molecule has 0 rings (SSSR count). The summed E-state index contributed by atoms with van der Waals surface area (Å²) in [6.07, 6.45) is 1.86. The van der Waals surface area contributed by atoms with E-state index in [0.29, 0.717) is 72.2 Å². The fraction of sp³-hybridized carbons (Fsp3) is 0.875. The van der Waals surface area contributed by atoms with Gasteiger partial charge in [-0.1, -0.05) is 6.92 Å². The molecule has 0 aliphatic heterocycles. The number of Topliss-reactive ketones (excluding diaryl/α,β-unsaturated/α-hetero) is 1. The third kappa shape index (κ3) is 18.9. The van der Waals surface area contributed by atoms with Gasteiger partial charge in [0.15, 0.2) is 0 Å². The van der Waals surface area contributed by atoms with Crippen LogP contribution in [0.3, 0.4) is 0 Å². The Bertz CT molecular complexity index is 298. The molecule has 1 amide bonds. The van der Waals surface area contributed by atoms with E-state index in [1.165, 1.54) is 0 Å². The van der Waals surface area contributed by atoms with Crippen LogP contribution < -0.4 is 5.32 Å². The fourth-order valence-corrected chi connectivity index (χ4v) is 1.56. The molecule has 0 saturated heterocycles. The van der Waals surface area contributed by atoms with Gasteiger partial charge in [-0.15, -0.1) is 0 Å². The van der Waals surface area contributed by atoms with Crippen molar-refractivity contribution in [2.24, 2.45) is 0 Å². The zero-order valence-corrected chi connectivity index (χ0v) is 14.4. The molecule has 0 radical (unpaired) electrons. The molecule has 0 heterocycles. The second-order valence-corrected chi connectivity index (χ2v) is 5.00. The molecule has 1 N–H and O–H groups in total. The highest BCUT2D eigenvalue weighted by Gasteiger charge is 1.97. The second kappa shape index (κ2) is 17.3. The van der Waals surface area contributed by atoms with Crippen LogP contribution in [-0.4, -0.2) is 71.1 Å². The van der Waals surface area contributed by atoms with E-state index in [9.17, 15) is 9.59 Å². The quantitative estimate of drug-likeness (QED) is 0.399. The van der Waals surface area contributed by atoms with Crippen molar-refractivity contribution in [2.45, 2.75) is 33.1 Å². The first-order valence-corrected chi connectivity index (χ1v) is 8.24. The van der Waals surface area contributed by atoms with Crippen LogP contribution in [0.1, 0.15) is 33.1 Å². The standard InChI is InChI=1S/C16H31NO6/c1-3-4-16(19)17-6-8-21-10-12-23-14-13-22-11-9-20-7-5-15(2)18/h3-14H2,1-2H3,(H,17,19). The van der Waals surface area contributed by atoms with Crippen molar-refractivity contribution < 1.29 is 28.5 Å². The van der Waals surface area contributed by atoms with Crippen LogP contribution in [0.25, 0.3) is 0 Å². The summed E-state index contributed by atoms with van der Waals surface area (Å²) in [5.41, 5.74) is 0. The van der Waals surface area contributed by atoms with Gasteiger partial charge in [-0.2, -0.15) is 0 Å². The highest BCUT2D eigenvalue weighted by atomic mass is 16.6. The first kappa shape index (κ1) is 22.0. The summed E-state index contributed by atoms with van der Waals surface area (Å²) >= 11 is 0. The van der Waals surface area contributed by atoms with Crippen LogP contribution in [-0.2, 0) is 28.5 Å². The first-order valence-electron chi connectivity index (χ1n) is 8.24. The van der Waals surface area contributed by atoms with Gasteiger partial charge in [0.1, 0.15) is 5.78 Å². The van der Waals surface area contributed by atoms with Gasteiger partial charge < -0.3 is 24.3 Å². The summed E-state index contributed by atoms with van der Waals surface area (Å²) in [5, 5.41) is 2.77. The second-order valence-electron chi connectivity index (χ2n) is 5.00. The van der Waals surface area contributed by atoms with E-state index < -0.39 is 0 Å². The smallest absolute Gasteiger partial charge is 0.220 e.